The Morgan fingerprint density at radius 3 is 2.54 bits per heavy atom. The van der Waals surface area contributed by atoms with Gasteiger partial charge in [0.05, 0.1) is 16.1 Å². The van der Waals surface area contributed by atoms with Crippen molar-refractivity contribution in [1.82, 2.24) is 5.32 Å². The fraction of sp³-hybridized carbons (Fsp3) is 0.192. The maximum absolute atomic E-state index is 13.3. The fourth-order valence-electron chi connectivity index (χ4n) is 3.50. The summed E-state index contributed by atoms with van der Waals surface area (Å²) >= 11 is 6.25. The minimum atomic E-state index is -0.466. The lowest BCUT2D eigenvalue weighted by Crippen LogP contribution is -2.38. The van der Waals surface area contributed by atoms with Crippen LogP contribution in [0.15, 0.2) is 60.7 Å². The molecule has 4 rings (SSSR count). The molecular formula is C26H23ClFN3O4. The van der Waals surface area contributed by atoms with E-state index < -0.39 is 11.7 Å². The Labute approximate surface area is 206 Å². The molecule has 3 aromatic rings. The zero-order chi connectivity index (χ0) is 25.1. The summed E-state index contributed by atoms with van der Waals surface area (Å²) in [6.45, 7) is 3.84. The summed E-state index contributed by atoms with van der Waals surface area (Å²) in [6.07, 6.45) is 0. The zero-order valence-electron chi connectivity index (χ0n) is 19.1. The summed E-state index contributed by atoms with van der Waals surface area (Å²) < 4.78 is 18.9. The Hall–Kier alpha value is -3.91. The normalized spacial score (nSPS) is 12.7. The molecule has 9 heteroatoms. The standard InChI is InChI=1S/C26H23ClFN3O4/c1-15(2)24(32)29-13-16-3-9-22(27)20(11-16)25(33)30-18-6-10-23-21(12-18)26(34)31(14-35-23)19-7-4-17(28)5-8-19/h3-12,15H,13-14H2,1-2H3,(H,29,32)(H,30,33). The van der Waals surface area contributed by atoms with Crippen LogP contribution in [0.2, 0.25) is 5.02 Å². The van der Waals surface area contributed by atoms with Crippen LogP contribution in [0.1, 0.15) is 40.1 Å². The Morgan fingerprint density at radius 2 is 1.83 bits per heavy atom. The van der Waals surface area contributed by atoms with Crippen molar-refractivity contribution in [2.75, 3.05) is 16.9 Å². The molecule has 0 bridgehead atoms. The van der Waals surface area contributed by atoms with Crippen molar-refractivity contribution in [3.8, 4) is 5.75 Å². The van der Waals surface area contributed by atoms with Crippen molar-refractivity contribution in [1.29, 1.82) is 0 Å². The summed E-state index contributed by atoms with van der Waals surface area (Å²) in [5.74, 6) is -1.08. The molecule has 0 radical (unpaired) electrons. The van der Waals surface area contributed by atoms with Gasteiger partial charge in [-0.2, -0.15) is 0 Å². The molecule has 1 aliphatic rings. The van der Waals surface area contributed by atoms with E-state index in [1.165, 1.54) is 35.2 Å². The van der Waals surface area contributed by atoms with Crippen LogP contribution in [-0.4, -0.2) is 24.5 Å². The third-order valence-corrected chi connectivity index (χ3v) is 5.80. The van der Waals surface area contributed by atoms with Crippen LogP contribution in [0.5, 0.6) is 5.75 Å². The highest BCUT2D eigenvalue weighted by Crippen LogP contribution is 2.31. The first kappa shape index (κ1) is 24.2. The molecular weight excluding hydrogens is 473 g/mol. The van der Waals surface area contributed by atoms with Crippen molar-refractivity contribution < 1.29 is 23.5 Å². The van der Waals surface area contributed by atoms with E-state index in [-0.39, 0.29) is 47.2 Å². The number of rotatable bonds is 6. The topological polar surface area (TPSA) is 87.7 Å². The zero-order valence-corrected chi connectivity index (χ0v) is 19.9. The second kappa shape index (κ2) is 10.1. The molecule has 35 heavy (non-hydrogen) atoms. The number of nitrogens with one attached hydrogen (secondary N) is 2. The number of hydrogen-bond donors (Lipinski definition) is 2. The van der Waals surface area contributed by atoms with E-state index in [4.69, 9.17) is 16.3 Å². The van der Waals surface area contributed by atoms with Gasteiger partial charge in [0.2, 0.25) is 5.91 Å². The van der Waals surface area contributed by atoms with Gasteiger partial charge in [-0.15, -0.1) is 0 Å². The number of hydrogen-bond acceptors (Lipinski definition) is 4. The lowest BCUT2D eigenvalue weighted by atomic mass is 10.1. The highest BCUT2D eigenvalue weighted by atomic mass is 35.5. The molecule has 3 amide bonds. The van der Waals surface area contributed by atoms with Crippen molar-refractivity contribution >= 4 is 40.7 Å². The van der Waals surface area contributed by atoms with E-state index in [9.17, 15) is 18.8 Å². The first-order chi connectivity index (χ1) is 16.7. The molecule has 0 aromatic heterocycles. The number of anilines is 2. The van der Waals surface area contributed by atoms with E-state index in [1.54, 1.807) is 44.2 Å². The molecule has 0 spiro atoms. The van der Waals surface area contributed by atoms with E-state index in [1.807, 2.05) is 0 Å². The van der Waals surface area contributed by atoms with Gasteiger partial charge in [-0.1, -0.05) is 31.5 Å². The average Bonchev–Trinajstić information content (AvgIpc) is 2.84. The molecule has 0 saturated heterocycles. The predicted molar refractivity (Wildman–Crippen MR) is 131 cm³/mol. The fourth-order valence-corrected chi connectivity index (χ4v) is 3.70. The van der Waals surface area contributed by atoms with Crippen molar-refractivity contribution in [2.24, 2.45) is 5.92 Å². The predicted octanol–water partition coefficient (Wildman–Crippen LogP) is 5.00. The number of carbonyl (C=O) groups excluding carboxylic acids is 3. The van der Waals surface area contributed by atoms with Gasteiger partial charge in [0.15, 0.2) is 6.73 Å². The maximum atomic E-state index is 13.3. The Bertz CT molecular complexity index is 1290. The number of fused-ring (bicyclic) bond motifs is 1. The van der Waals surface area contributed by atoms with E-state index in [2.05, 4.69) is 10.6 Å². The summed E-state index contributed by atoms with van der Waals surface area (Å²) in [4.78, 5) is 39.2. The van der Waals surface area contributed by atoms with Gasteiger partial charge in [0.1, 0.15) is 11.6 Å². The van der Waals surface area contributed by atoms with Gasteiger partial charge < -0.3 is 15.4 Å². The SMILES string of the molecule is CC(C)C(=O)NCc1ccc(Cl)c(C(=O)Nc2ccc3c(c2)C(=O)N(c2ccc(F)cc2)CO3)c1. The molecule has 0 atom stereocenters. The van der Waals surface area contributed by atoms with Gasteiger partial charge in [0, 0.05) is 23.8 Å². The van der Waals surface area contributed by atoms with Crippen molar-refractivity contribution in [2.45, 2.75) is 20.4 Å². The number of halogens is 2. The van der Waals surface area contributed by atoms with E-state index >= 15 is 0 Å². The molecule has 1 heterocycles. The monoisotopic (exact) mass is 495 g/mol. The molecule has 0 fully saturated rings. The van der Waals surface area contributed by atoms with Gasteiger partial charge >= 0.3 is 0 Å². The largest absolute Gasteiger partial charge is 0.472 e. The molecule has 0 unspecified atom stereocenters. The third kappa shape index (κ3) is 5.44. The van der Waals surface area contributed by atoms with Crippen LogP contribution in [-0.2, 0) is 11.3 Å². The quantitative estimate of drug-likeness (QED) is 0.503. The second-order valence-electron chi connectivity index (χ2n) is 8.33. The summed E-state index contributed by atoms with van der Waals surface area (Å²) in [6, 6.07) is 15.2. The Balaban J connectivity index is 1.51. The molecule has 180 valence electrons. The summed E-state index contributed by atoms with van der Waals surface area (Å²) in [7, 11) is 0. The first-order valence-electron chi connectivity index (χ1n) is 10.9. The van der Waals surface area contributed by atoms with E-state index in [0.29, 0.717) is 17.1 Å². The second-order valence-corrected chi connectivity index (χ2v) is 8.74. The minimum absolute atomic E-state index is 0.0150. The van der Waals surface area contributed by atoms with Gasteiger partial charge in [-0.25, -0.2) is 4.39 Å². The number of benzene rings is 3. The maximum Gasteiger partial charge on any atom is 0.264 e. The minimum Gasteiger partial charge on any atom is -0.472 e. The summed E-state index contributed by atoms with van der Waals surface area (Å²) in [5.41, 5.74) is 2.08. The van der Waals surface area contributed by atoms with Crippen LogP contribution in [0, 0.1) is 11.7 Å². The van der Waals surface area contributed by atoms with Gasteiger partial charge in [-0.05, 0) is 60.2 Å². The summed E-state index contributed by atoms with van der Waals surface area (Å²) in [5, 5.41) is 5.81. The third-order valence-electron chi connectivity index (χ3n) is 5.47. The molecule has 0 aliphatic carbocycles. The van der Waals surface area contributed by atoms with Gasteiger partial charge in [-0.3, -0.25) is 19.3 Å². The number of amides is 3. The Morgan fingerprint density at radius 1 is 1.09 bits per heavy atom. The Kier molecular flexibility index (Phi) is 7.02. The van der Waals surface area contributed by atoms with Crippen LogP contribution < -0.4 is 20.3 Å². The van der Waals surface area contributed by atoms with Crippen molar-refractivity contribution in [3.05, 3.63) is 88.2 Å². The molecule has 3 aromatic carbocycles. The van der Waals surface area contributed by atoms with Crippen LogP contribution in [0.25, 0.3) is 0 Å². The van der Waals surface area contributed by atoms with E-state index in [0.717, 1.165) is 5.56 Å². The number of nitrogens with zero attached hydrogens (tertiary/aromatic N) is 1. The highest BCUT2D eigenvalue weighted by Gasteiger charge is 2.27. The van der Waals surface area contributed by atoms with Crippen LogP contribution in [0.3, 0.4) is 0 Å². The first-order valence-corrected chi connectivity index (χ1v) is 11.3. The molecule has 1 aliphatic heterocycles. The number of ether oxygens (including phenoxy) is 1. The average molecular weight is 496 g/mol. The van der Waals surface area contributed by atoms with Crippen LogP contribution in [0.4, 0.5) is 15.8 Å². The lowest BCUT2D eigenvalue weighted by molar-refractivity contribution is -0.124. The molecule has 7 nitrogen and oxygen atoms in total. The smallest absolute Gasteiger partial charge is 0.264 e. The lowest BCUT2D eigenvalue weighted by Gasteiger charge is -2.29. The molecule has 2 N–H and O–H groups in total. The van der Waals surface area contributed by atoms with Crippen LogP contribution >= 0.6 is 11.6 Å². The highest BCUT2D eigenvalue weighted by molar-refractivity contribution is 6.34. The van der Waals surface area contributed by atoms with Crippen molar-refractivity contribution in [3.63, 3.8) is 0 Å². The number of carbonyl (C=O) groups is 3. The van der Waals surface area contributed by atoms with Gasteiger partial charge in [0.25, 0.3) is 11.8 Å². The molecule has 0 saturated carbocycles.